The number of thiophene rings is 1. The maximum atomic E-state index is 12.6. The van der Waals surface area contributed by atoms with E-state index in [1.54, 1.807) is 12.1 Å². The average molecular weight is 486 g/mol. The molecule has 0 aliphatic heterocycles. The Labute approximate surface area is 177 Å². The monoisotopic (exact) mass is 485 g/mol. The van der Waals surface area contributed by atoms with Crippen molar-refractivity contribution in [2.75, 3.05) is 0 Å². The summed E-state index contributed by atoms with van der Waals surface area (Å²) in [5.41, 5.74) is 1.14. The Morgan fingerprint density at radius 3 is 2.86 bits per heavy atom. The Morgan fingerprint density at radius 2 is 2.14 bits per heavy atom. The van der Waals surface area contributed by atoms with Crippen LogP contribution in [-0.2, 0) is 17.9 Å². The highest BCUT2D eigenvalue weighted by Gasteiger charge is 2.14. The van der Waals surface area contributed by atoms with Gasteiger partial charge in [-0.25, -0.2) is 4.98 Å². The molecule has 0 saturated heterocycles. The molecule has 6 nitrogen and oxygen atoms in total. The van der Waals surface area contributed by atoms with E-state index in [4.69, 9.17) is 0 Å². The Morgan fingerprint density at radius 1 is 1.38 bits per heavy atom. The summed E-state index contributed by atoms with van der Waals surface area (Å²) in [5, 5.41) is 3.25. The van der Waals surface area contributed by atoms with Gasteiger partial charge in [0.1, 0.15) is 10.6 Å². The van der Waals surface area contributed by atoms with E-state index in [0.29, 0.717) is 20.3 Å². The summed E-state index contributed by atoms with van der Waals surface area (Å²) in [7, 11) is 0. The van der Waals surface area contributed by atoms with Crippen molar-refractivity contribution in [2.24, 2.45) is 0 Å². The lowest BCUT2D eigenvalue weighted by Gasteiger charge is -2.12. The van der Waals surface area contributed by atoms with Crippen LogP contribution in [0, 0.1) is 13.8 Å². The van der Waals surface area contributed by atoms with E-state index in [1.165, 1.54) is 28.3 Å². The first-order valence-electron chi connectivity index (χ1n) is 8.71. The summed E-state index contributed by atoms with van der Waals surface area (Å²) < 4.78 is 31.6. The van der Waals surface area contributed by atoms with Gasteiger partial charge in [0.2, 0.25) is 5.91 Å². The minimum atomic E-state index is -2.95. The quantitative estimate of drug-likeness (QED) is 0.545. The first kappa shape index (κ1) is 21.4. The van der Waals surface area contributed by atoms with Crippen LogP contribution in [0.5, 0.6) is 5.75 Å². The lowest BCUT2D eigenvalue weighted by Crippen LogP contribution is -2.27. The van der Waals surface area contributed by atoms with Crippen molar-refractivity contribution in [2.45, 2.75) is 40.0 Å². The van der Waals surface area contributed by atoms with Crippen LogP contribution in [0.25, 0.3) is 10.2 Å². The Hall–Kier alpha value is -2.33. The summed E-state index contributed by atoms with van der Waals surface area (Å²) in [5.74, 6) is -0.323. The molecule has 0 radical (unpaired) electrons. The Bertz CT molecular complexity index is 1110. The van der Waals surface area contributed by atoms with E-state index in [-0.39, 0.29) is 36.7 Å². The van der Waals surface area contributed by atoms with Gasteiger partial charge in [-0.1, -0.05) is 15.9 Å². The molecule has 0 atom stereocenters. The van der Waals surface area contributed by atoms with Gasteiger partial charge in [0.05, 0.1) is 11.7 Å². The highest BCUT2D eigenvalue weighted by molar-refractivity contribution is 9.10. The molecule has 0 saturated carbocycles. The molecule has 2 heterocycles. The van der Waals surface area contributed by atoms with Gasteiger partial charge in [-0.15, -0.1) is 11.3 Å². The summed E-state index contributed by atoms with van der Waals surface area (Å²) in [4.78, 5) is 30.9. The molecule has 29 heavy (non-hydrogen) atoms. The molecular formula is C19H18BrF2N3O3S. The van der Waals surface area contributed by atoms with Crippen molar-refractivity contribution in [3.05, 3.63) is 55.4 Å². The van der Waals surface area contributed by atoms with E-state index >= 15 is 0 Å². The number of alkyl halides is 2. The number of hydrogen-bond acceptors (Lipinski definition) is 5. The largest absolute Gasteiger partial charge is 0.434 e. The lowest BCUT2D eigenvalue weighted by molar-refractivity contribution is -0.121. The molecule has 0 spiro atoms. The Balaban J connectivity index is 1.65. The summed E-state index contributed by atoms with van der Waals surface area (Å²) in [6.45, 7) is 1.05. The third-order valence-corrected chi connectivity index (χ3v) is 6.06. The number of amides is 1. The molecule has 1 amide bonds. The number of ether oxygens (including phenoxy) is 1. The molecule has 0 bridgehead atoms. The second-order valence-electron chi connectivity index (χ2n) is 6.36. The number of carbonyl (C=O) groups is 1. The van der Waals surface area contributed by atoms with Gasteiger partial charge in [-0.05, 0) is 37.6 Å². The molecule has 3 aromatic rings. The topological polar surface area (TPSA) is 73.2 Å². The first-order valence-corrected chi connectivity index (χ1v) is 10.3. The van der Waals surface area contributed by atoms with Gasteiger partial charge in [-0.2, -0.15) is 8.78 Å². The van der Waals surface area contributed by atoms with Crippen molar-refractivity contribution in [3.63, 3.8) is 0 Å². The van der Waals surface area contributed by atoms with Crippen molar-refractivity contribution < 1.29 is 18.3 Å². The minimum Gasteiger partial charge on any atom is -0.434 e. The average Bonchev–Trinajstić information content (AvgIpc) is 2.95. The zero-order valence-corrected chi connectivity index (χ0v) is 18.1. The predicted molar refractivity (Wildman–Crippen MR) is 111 cm³/mol. The molecule has 1 aromatic carbocycles. The molecular weight excluding hydrogens is 468 g/mol. The first-order chi connectivity index (χ1) is 13.8. The second-order valence-corrected chi connectivity index (χ2v) is 8.48. The molecule has 10 heteroatoms. The molecule has 0 aliphatic carbocycles. The van der Waals surface area contributed by atoms with Gasteiger partial charge in [0, 0.05) is 34.4 Å². The minimum absolute atomic E-state index is 0.00215. The van der Waals surface area contributed by atoms with Crippen molar-refractivity contribution >= 4 is 43.4 Å². The van der Waals surface area contributed by atoms with Crippen LogP contribution in [0.15, 0.2) is 33.8 Å². The van der Waals surface area contributed by atoms with E-state index in [0.717, 1.165) is 10.4 Å². The van der Waals surface area contributed by atoms with Gasteiger partial charge < -0.3 is 10.1 Å². The SMILES string of the molecule is Cc1sc2ncn(CCC(=O)NCc3cc(Br)ccc3OC(F)F)c(=O)c2c1C. The zero-order valence-electron chi connectivity index (χ0n) is 15.7. The highest BCUT2D eigenvalue weighted by Crippen LogP contribution is 2.26. The number of nitrogens with one attached hydrogen (secondary N) is 1. The second kappa shape index (κ2) is 9.00. The van der Waals surface area contributed by atoms with E-state index < -0.39 is 6.61 Å². The molecule has 154 valence electrons. The fraction of sp³-hybridized carbons (Fsp3) is 0.316. The summed E-state index contributed by atoms with van der Waals surface area (Å²) in [6.07, 6.45) is 1.49. The molecule has 0 unspecified atom stereocenters. The van der Waals surface area contributed by atoms with E-state index in [9.17, 15) is 18.4 Å². The van der Waals surface area contributed by atoms with Gasteiger partial charge in [0.25, 0.3) is 5.56 Å². The molecule has 1 N–H and O–H groups in total. The van der Waals surface area contributed by atoms with Crippen molar-refractivity contribution in [1.29, 1.82) is 0 Å². The Kier molecular flexibility index (Phi) is 6.63. The van der Waals surface area contributed by atoms with Crippen LogP contribution < -0.4 is 15.6 Å². The van der Waals surface area contributed by atoms with Crippen LogP contribution in [0.1, 0.15) is 22.4 Å². The number of rotatable bonds is 7. The maximum absolute atomic E-state index is 12.6. The van der Waals surface area contributed by atoms with Crippen LogP contribution in [0.2, 0.25) is 0 Å². The van der Waals surface area contributed by atoms with Crippen LogP contribution in [-0.4, -0.2) is 22.1 Å². The number of carbonyl (C=O) groups excluding carboxylic acids is 1. The lowest BCUT2D eigenvalue weighted by atomic mass is 10.2. The zero-order chi connectivity index (χ0) is 21.1. The molecule has 3 rings (SSSR count). The predicted octanol–water partition coefficient (Wildman–Crippen LogP) is 4.15. The van der Waals surface area contributed by atoms with Gasteiger partial charge >= 0.3 is 6.61 Å². The van der Waals surface area contributed by atoms with E-state index in [1.807, 2.05) is 13.8 Å². The number of benzene rings is 1. The van der Waals surface area contributed by atoms with Crippen LogP contribution in [0.3, 0.4) is 0 Å². The standard InChI is InChI=1S/C19H18BrF2N3O3S/c1-10-11(2)29-17-16(10)18(27)25(9-24-17)6-5-15(26)23-8-12-7-13(20)3-4-14(12)28-19(21)22/h3-4,7,9,19H,5-6,8H2,1-2H3,(H,23,26). The smallest absolute Gasteiger partial charge is 0.387 e. The molecule has 2 aromatic heterocycles. The van der Waals surface area contributed by atoms with Crippen LogP contribution >= 0.6 is 27.3 Å². The van der Waals surface area contributed by atoms with Crippen molar-refractivity contribution in [1.82, 2.24) is 14.9 Å². The summed E-state index contributed by atoms with van der Waals surface area (Å²) in [6, 6.07) is 4.58. The van der Waals surface area contributed by atoms with Gasteiger partial charge in [0.15, 0.2) is 0 Å². The third-order valence-electron chi connectivity index (χ3n) is 4.45. The van der Waals surface area contributed by atoms with Crippen molar-refractivity contribution in [3.8, 4) is 5.75 Å². The third kappa shape index (κ3) is 4.99. The number of aryl methyl sites for hydroxylation is 3. The fourth-order valence-corrected chi connectivity index (χ4v) is 4.23. The normalized spacial score (nSPS) is 11.2. The van der Waals surface area contributed by atoms with E-state index in [2.05, 4.69) is 31.0 Å². The number of halogens is 3. The van der Waals surface area contributed by atoms with Crippen LogP contribution in [0.4, 0.5) is 8.78 Å². The van der Waals surface area contributed by atoms with Gasteiger partial charge in [-0.3, -0.25) is 14.2 Å². The fourth-order valence-electron chi connectivity index (χ4n) is 2.83. The number of fused-ring (bicyclic) bond motifs is 1. The summed E-state index contributed by atoms with van der Waals surface area (Å²) >= 11 is 4.73. The maximum Gasteiger partial charge on any atom is 0.387 e. The molecule has 0 aliphatic rings. The number of aromatic nitrogens is 2. The highest BCUT2D eigenvalue weighted by atomic mass is 79.9. The number of nitrogens with zero attached hydrogens (tertiary/aromatic N) is 2. The molecule has 0 fully saturated rings. The number of hydrogen-bond donors (Lipinski definition) is 1.